The van der Waals surface area contributed by atoms with Crippen molar-refractivity contribution < 1.29 is 0 Å². The molecule has 0 radical (unpaired) electrons. The van der Waals surface area contributed by atoms with Gasteiger partial charge in [0.05, 0.1) is 6.04 Å². The Balaban J connectivity index is 1.71. The fourth-order valence-corrected chi connectivity index (χ4v) is 4.02. The number of fused-ring (bicyclic) bond motifs is 3. The molecular formula is C21H24N2. The van der Waals surface area contributed by atoms with Crippen LogP contribution in [0.5, 0.6) is 0 Å². The molecule has 3 atom stereocenters. The molecule has 3 unspecified atom stereocenters. The second-order valence-electron chi connectivity index (χ2n) is 7.05. The molecule has 4 rings (SSSR count). The first-order chi connectivity index (χ1) is 11.1. The molecule has 2 aromatic carbocycles. The summed E-state index contributed by atoms with van der Waals surface area (Å²) in [5.74, 6) is 1.17. The number of hydrogen-bond donors (Lipinski definition) is 1. The van der Waals surface area contributed by atoms with E-state index >= 15 is 0 Å². The maximum atomic E-state index is 3.81. The smallest absolute Gasteiger partial charge is 0.0553 e. The molecule has 0 spiro atoms. The standard InChI is InChI=1S/C21H24N2/c1-14-7-12-20-19(13-14)17-5-4-6-18(17)21(22-20)15-8-10-16(11-9-15)23(2)3/h4-5,7-13,17-18,21-22H,6H2,1-3H3. The zero-order valence-corrected chi connectivity index (χ0v) is 14.1. The van der Waals surface area contributed by atoms with Gasteiger partial charge in [0.25, 0.3) is 0 Å². The summed E-state index contributed by atoms with van der Waals surface area (Å²) in [6.45, 7) is 2.18. The van der Waals surface area contributed by atoms with Crippen molar-refractivity contribution in [2.24, 2.45) is 5.92 Å². The minimum atomic E-state index is 0.390. The van der Waals surface area contributed by atoms with Crippen molar-refractivity contribution >= 4 is 11.4 Å². The summed E-state index contributed by atoms with van der Waals surface area (Å²) >= 11 is 0. The van der Waals surface area contributed by atoms with Crippen LogP contribution in [0.2, 0.25) is 0 Å². The van der Waals surface area contributed by atoms with E-state index < -0.39 is 0 Å². The quantitative estimate of drug-likeness (QED) is 0.795. The van der Waals surface area contributed by atoms with Crippen LogP contribution in [0.4, 0.5) is 11.4 Å². The molecular weight excluding hydrogens is 280 g/mol. The van der Waals surface area contributed by atoms with E-state index in [1.54, 1.807) is 0 Å². The van der Waals surface area contributed by atoms with Crippen LogP contribution in [0.3, 0.4) is 0 Å². The monoisotopic (exact) mass is 304 g/mol. The second kappa shape index (κ2) is 5.45. The molecule has 0 saturated carbocycles. The molecule has 0 saturated heterocycles. The van der Waals surface area contributed by atoms with E-state index in [4.69, 9.17) is 0 Å². The fraction of sp³-hybridized carbons (Fsp3) is 0.333. The van der Waals surface area contributed by atoms with Crippen LogP contribution >= 0.6 is 0 Å². The van der Waals surface area contributed by atoms with Gasteiger partial charge in [0.15, 0.2) is 0 Å². The number of aryl methyl sites for hydroxylation is 1. The highest BCUT2D eigenvalue weighted by Gasteiger charge is 2.37. The molecule has 118 valence electrons. The van der Waals surface area contributed by atoms with Gasteiger partial charge in [-0.15, -0.1) is 0 Å². The fourth-order valence-electron chi connectivity index (χ4n) is 4.02. The highest BCUT2D eigenvalue weighted by atomic mass is 15.1. The molecule has 0 aromatic heterocycles. The number of benzene rings is 2. The Kier molecular flexibility index (Phi) is 3.41. The third-order valence-electron chi connectivity index (χ3n) is 5.29. The Bertz CT molecular complexity index is 743. The molecule has 2 aliphatic rings. The third-order valence-corrected chi connectivity index (χ3v) is 5.29. The van der Waals surface area contributed by atoms with Crippen molar-refractivity contribution in [2.45, 2.75) is 25.3 Å². The normalized spacial score (nSPS) is 24.7. The molecule has 2 aromatic rings. The van der Waals surface area contributed by atoms with Crippen LogP contribution in [0, 0.1) is 12.8 Å². The lowest BCUT2D eigenvalue weighted by Crippen LogP contribution is -2.29. The highest BCUT2D eigenvalue weighted by molar-refractivity contribution is 5.61. The van der Waals surface area contributed by atoms with E-state index in [1.165, 1.54) is 28.1 Å². The zero-order valence-electron chi connectivity index (χ0n) is 14.1. The Hall–Kier alpha value is -2.22. The summed E-state index contributed by atoms with van der Waals surface area (Å²) in [6.07, 6.45) is 5.92. The highest BCUT2D eigenvalue weighted by Crippen LogP contribution is 2.49. The summed E-state index contributed by atoms with van der Waals surface area (Å²) < 4.78 is 0. The molecule has 1 aliphatic carbocycles. The Labute approximate surface area is 138 Å². The van der Waals surface area contributed by atoms with Gasteiger partial charge in [-0.05, 0) is 48.6 Å². The summed E-state index contributed by atoms with van der Waals surface area (Å²) in [4.78, 5) is 2.15. The van der Waals surface area contributed by atoms with Crippen LogP contribution in [0.25, 0.3) is 0 Å². The maximum Gasteiger partial charge on any atom is 0.0553 e. The predicted octanol–water partition coefficient (Wildman–Crippen LogP) is 4.89. The van der Waals surface area contributed by atoms with Crippen LogP contribution in [-0.2, 0) is 0 Å². The maximum absolute atomic E-state index is 3.81. The first-order valence-corrected chi connectivity index (χ1v) is 8.44. The zero-order chi connectivity index (χ0) is 16.0. The lowest BCUT2D eigenvalue weighted by molar-refractivity contribution is 0.425. The molecule has 1 heterocycles. The van der Waals surface area contributed by atoms with Crippen LogP contribution in [0.1, 0.15) is 35.1 Å². The molecule has 2 nitrogen and oxygen atoms in total. The van der Waals surface area contributed by atoms with E-state index in [2.05, 4.69) is 85.9 Å². The first kappa shape index (κ1) is 14.4. The number of nitrogens with one attached hydrogen (secondary N) is 1. The van der Waals surface area contributed by atoms with E-state index in [0.29, 0.717) is 17.9 Å². The Morgan fingerprint density at radius 2 is 1.83 bits per heavy atom. The second-order valence-corrected chi connectivity index (χ2v) is 7.05. The largest absolute Gasteiger partial charge is 0.378 e. The SMILES string of the molecule is Cc1ccc2c(c1)C1C=CCC1C(c1ccc(N(C)C)cc1)N2. The molecule has 1 aliphatic heterocycles. The molecule has 0 fully saturated rings. The van der Waals surface area contributed by atoms with E-state index in [1.807, 2.05) is 0 Å². The Morgan fingerprint density at radius 3 is 2.57 bits per heavy atom. The van der Waals surface area contributed by atoms with Gasteiger partial charge in [0.1, 0.15) is 0 Å². The lowest BCUT2D eigenvalue weighted by atomic mass is 9.76. The van der Waals surface area contributed by atoms with Gasteiger partial charge in [-0.25, -0.2) is 0 Å². The van der Waals surface area contributed by atoms with Gasteiger partial charge in [-0.1, -0.05) is 42.0 Å². The molecule has 1 N–H and O–H groups in total. The third kappa shape index (κ3) is 2.42. The van der Waals surface area contributed by atoms with Crippen LogP contribution < -0.4 is 10.2 Å². The van der Waals surface area contributed by atoms with Gasteiger partial charge in [0.2, 0.25) is 0 Å². The predicted molar refractivity (Wildman–Crippen MR) is 98.3 cm³/mol. The number of allylic oxidation sites excluding steroid dienone is 2. The molecule has 23 heavy (non-hydrogen) atoms. The van der Waals surface area contributed by atoms with Gasteiger partial charge in [0, 0.05) is 31.4 Å². The van der Waals surface area contributed by atoms with Crippen molar-refractivity contribution in [3.05, 3.63) is 71.3 Å². The number of anilines is 2. The van der Waals surface area contributed by atoms with Crippen molar-refractivity contribution in [3.63, 3.8) is 0 Å². The topological polar surface area (TPSA) is 15.3 Å². The molecule has 2 heteroatoms. The van der Waals surface area contributed by atoms with Crippen LogP contribution in [0.15, 0.2) is 54.6 Å². The van der Waals surface area contributed by atoms with Gasteiger partial charge in [-0.3, -0.25) is 0 Å². The van der Waals surface area contributed by atoms with E-state index in [0.717, 1.165) is 6.42 Å². The van der Waals surface area contributed by atoms with Crippen molar-refractivity contribution in [1.29, 1.82) is 0 Å². The molecule has 0 amide bonds. The summed E-state index contributed by atoms with van der Waals surface area (Å²) in [7, 11) is 4.17. The lowest BCUT2D eigenvalue weighted by Gasteiger charge is -2.37. The summed E-state index contributed by atoms with van der Waals surface area (Å²) in [6, 6.07) is 16.2. The average molecular weight is 304 g/mol. The average Bonchev–Trinajstić information content (AvgIpc) is 3.04. The van der Waals surface area contributed by atoms with E-state index in [9.17, 15) is 0 Å². The number of rotatable bonds is 2. The number of nitrogens with zero attached hydrogens (tertiary/aromatic N) is 1. The summed E-state index contributed by atoms with van der Waals surface area (Å²) in [5, 5.41) is 3.81. The van der Waals surface area contributed by atoms with Gasteiger partial charge >= 0.3 is 0 Å². The van der Waals surface area contributed by atoms with Gasteiger partial charge in [-0.2, -0.15) is 0 Å². The summed E-state index contributed by atoms with van der Waals surface area (Å²) in [5.41, 5.74) is 6.75. The van der Waals surface area contributed by atoms with Gasteiger partial charge < -0.3 is 10.2 Å². The minimum Gasteiger partial charge on any atom is -0.378 e. The van der Waals surface area contributed by atoms with Crippen LogP contribution in [-0.4, -0.2) is 14.1 Å². The molecule has 0 bridgehead atoms. The Morgan fingerprint density at radius 1 is 1.04 bits per heavy atom. The van der Waals surface area contributed by atoms with Crippen molar-refractivity contribution in [1.82, 2.24) is 0 Å². The van der Waals surface area contributed by atoms with Crippen molar-refractivity contribution in [2.75, 3.05) is 24.3 Å². The van der Waals surface area contributed by atoms with E-state index in [-0.39, 0.29) is 0 Å². The minimum absolute atomic E-state index is 0.390. The van der Waals surface area contributed by atoms with Crippen molar-refractivity contribution in [3.8, 4) is 0 Å². The number of hydrogen-bond acceptors (Lipinski definition) is 2. The first-order valence-electron chi connectivity index (χ1n) is 8.44.